The van der Waals surface area contributed by atoms with Gasteiger partial charge in [-0.25, -0.2) is 4.68 Å². The van der Waals surface area contributed by atoms with Gasteiger partial charge in [0, 0.05) is 41.2 Å². The van der Waals surface area contributed by atoms with Gasteiger partial charge in [0.2, 0.25) is 0 Å². The van der Waals surface area contributed by atoms with E-state index in [0.717, 1.165) is 22.5 Å². The van der Waals surface area contributed by atoms with Crippen molar-refractivity contribution in [3.63, 3.8) is 0 Å². The molecule has 2 heterocycles. The van der Waals surface area contributed by atoms with Crippen molar-refractivity contribution in [1.29, 1.82) is 0 Å². The molecule has 162 valence electrons. The average molecular weight is 446 g/mol. The first-order chi connectivity index (χ1) is 15.7. The number of hydrogen-bond donors (Lipinski definition) is 1. The molecule has 32 heavy (non-hydrogen) atoms. The number of nitrogens with zero attached hydrogens (tertiary/aromatic N) is 2. The second-order valence-electron chi connectivity index (χ2n) is 7.18. The molecule has 6 nitrogen and oxygen atoms in total. The van der Waals surface area contributed by atoms with Crippen LogP contribution in [0.2, 0.25) is 0 Å². The smallest absolute Gasteiger partial charge is 0.306 e. The van der Waals surface area contributed by atoms with Gasteiger partial charge in [-0.2, -0.15) is 16.4 Å². The zero-order valence-electron chi connectivity index (χ0n) is 17.4. The van der Waals surface area contributed by atoms with E-state index < -0.39 is 0 Å². The molecule has 0 bridgehead atoms. The van der Waals surface area contributed by atoms with Crippen LogP contribution in [-0.4, -0.2) is 28.2 Å². The quantitative estimate of drug-likeness (QED) is 0.295. The Morgan fingerprint density at radius 1 is 1.00 bits per heavy atom. The van der Waals surface area contributed by atoms with Gasteiger partial charge in [0.05, 0.1) is 11.4 Å². The SMILES string of the molecule is O=C(CCCNC(=O)c1ccsc1)OCc1cn(-c2ccccc2)nc1-c1ccccc1. The van der Waals surface area contributed by atoms with Crippen molar-refractivity contribution in [1.82, 2.24) is 15.1 Å². The number of amides is 1. The molecule has 0 saturated heterocycles. The summed E-state index contributed by atoms with van der Waals surface area (Å²) in [5.74, 6) is -0.429. The van der Waals surface area contributed by atoms with Gasteiger partial charge in [-0.1, -0.05) is 48.5 Å². The van der Waals surface area contributed by atoms with Crippen molar-refractivity contribution in [2.24, 2.45) is 0 Å². The van der Waals surface area contributed by atoms with Crippen LogP contribution in [0.4, 0.5) is 0 Å². The lowest BCUT2D eigenvalue weighted by molar-refractivity contribution is -0.145. The summed E-state index contributed by atoms with van der Waals surface area (Å²) in [5, 5.41) is 11.2. The highest BCUT2D eigenvalue weighted by Gasteiger charge is 2.14. The predicted molar refractivity (Wildman–Crippen MR) is 125 cm³/mol. The average Bonchev–Trinajstić information content (AvgIpc) is 3.52. The van der Waals surface area contributed by atoms with Crippen LogP contribution in [0.1, 0.15) is 28.8 Å². The van der Waals surface area contributed by atoms with Crippen molar-refractivity contribution in [2.45, 2.75) is 19.4 Å². The van der Waals surface area contributed by atoms with Gasteiger partial charge in [-0.15, -0.1) is 0 Å². The summed E-state index contributed by atoms with van der Waals surface area (Å²) < 4.78 is 7.31. The molecule has 7 heteroatoms. The maximum Gasteiger partial charge on any atom is 0.306 e. The molecule has 1 amide bonds. The number of para-hydroxylation sites is 1. The Kier molecular flexibility index (Phi) is 7.09. The van der Waals surface area contributed by atoms with Crippen molar-refractivity contribution < 1.29 is 14.3 Å². The third-order valence-corrected chi connectivity index (χ3v) is 5.56. The highest BCUT2D eigenvalue weighted by atomic mass is 32.1. The molecule has 2 aromatic heterocycles. The molecule has 1 N–H and O–H groups in total. The lowest BCUT2D eigenvalue weighted by atomic mass is 10.1. The second kappa shape index (κ2) is 10.5. The first-order valence-electron chi connectivity index (χ1n) is 10.4. The molecule has 0 fully saturated rings. The van der Waals surface area contributed by atoms with Gasteiger partial charge < -0.3 is 10.1 Å². The first kappa shape index (κ1) is 21.5. The number of aromatic nitrogens is 2. The molecule has 4 aromatic rings. The highest BCUT2D eigenvalue weighted by Crippen LogP contribution is 2.24. The lowest BCUT2D eigenvalue weighted by Crippen LogP contribution is -2.24. The van der Waals surface area contributed by atoms with Gasteiger partial charge in [0.25, 0.3) is 5.91 Å². The molecular weight excluding hydrogens is 422 g/mol. The fourth-order valence-electron chi connectivity index (χ4n) is 3.23. The number of nitrogens with one attached hydrogen (secondary N) is 1. The molecule has 0 radical (unpaired) electrons. The van der Waals surface area contributed by atoms with Gasteiger partial charge in [0.15, 0.2) is 0 Å². The van der Waals surface area contributed by atoms with Crippen LogP contribution in [0.25, 0.3) is 16.9 Å². The zero-order valence-corrected chi connectivity index (χ0v) is 18.3. The van der Waals surface area contributed by atoms with Gasteiger partial charge >= 0.3 is 5.97 Å². The Morgan fingerprint density at radius 3 is 2.47 bits per heavy atom. The minimum absolute atomic E-state index is 0.125. The van der Waals surface area contributed by atoms with Crippen LogP contribution < -0.4 is 5.32 Å². The molecule has 0 aliphatic carbocycles. The summed E-state index contributed by atoms with van der Waals surface area (Å²) in [7, 11) is 0. The fraction of sp³-hybridized carbons (Fsp3) is 0.160. The lowest BCUT2D eigenvalue weighted by Gasteiger charge is -2.06. The molecule has 4 rings (SSSR count). The summed E-state index contributed by atoms with van der Waals surface area (Å²) in [6.07, 6.45) is 2.65. The minimum Gasteiger partial charge on any atom is -0.461 e. The summed E-state index contributed by atoms with van der Waals surface area (Å²) in [6.45, 7) is 0.558. The van der Waals surface area contributed by atoms with Gasteiger partial charge in [0.1, 0.15) is 6.61 Å². The summed E-state index contributed by atoms with van der Waals surface area (Å²) in [5.41, 5.74) is 4.15. The van der Waals surface area contributed by atoms with E-state index >= 15 is 0 Å². The number of esters is 1. The van der Waals surface area contributed by atoms with Crippen molar-refractivity contribution in [3.8, 4) is 16.9 Å². The predicted octanol–water partition coefficient (Wildman–Crippen LogP) is 4.85. The van der Waals surface area contributed by atoms with Crippen LogP contribution in [0.15, 0.2) is 83.7 Å². The van der Waals surface area contributed by atoms with Gasteiger partial charge in [-0.3, -0.25) is 9.59 Å². The van der Waals surface area contributed by atoms with E-state index in [1.54, 1.807) is 16.1 Å². The monoisotopic (exact) mass is 445 g/mol. The third kappa shape index (κ3) is 5.50. The zero-order chi connectivity index (χ0) is 22.2. The summed E-state index contributed by atoms with van der Waals surface area (Å²) in [4.78, 5) is 24.2. The maximum atomic E-state index is 12.3. The molecule has 0 atom stereocenters. The molecule has 0 aliphatic rings. The Balaban J connectivity index is 1.35. The Labute approximate surface area is 190 Å². The molecule has 0 aliphatic heterocycles. The van der Waals surface area contributed by atoms with E-state index in [2.05, 4.69) is 5.32 Å². The number of ether oxygens (including phenoxy) is 1. The molecule has 0 saturated carbocycles. The number of benzene rings is 2. The van der Waals surface area contributed by atoms with E-state index in [4.69, 9.17) is 9.84 Å². The standard InChI is InChI=1S/C25H23N3O3S/c29-23(12-7-14-26-25(30)20-13-15-32-18-20)31-17-21-16-28(22-10-5-2-6-11-22)27-24(21)19-8-3-1-4-9-19/h1-6,8-11,13,15-16,18H,7,12,14,17H2,(H,26,30). The second-order valence-corrected chi connectivity index (χ2v) is 7.96. The normalized spacial score (nSPS) is 10.6. The third-order valence-electron chi connectivity index (χ3n) is 4.87. The van der Waals surface area contributed by atoms with Crippen molar-refractivity contribution in [3.05, 3.63) is 94.8 Å². The highest BCUT2D eigenvalue weighted by molar-refractivity contribution is 7.08. The number of carbonyl (C=O) groups excluding carboxylic acids is 2. The number of carbonyl (C=O) groups is 2. The van der Waals surface area contributed by atoms with Gasteiger partial charge in [-0.05, 0) is 30.0 Å². The Hall–Kier alpha value is -3.71. The van der Waals surface area contributed by atoms with Crippen LogP contribution in [-0.2, 0) is 16.1 Å². The summed E-state index contributed by atoms with van der Waals surface area (Å²) >= 11 is 1.47. The minimum atomic E-state index is -0.304. The van der Waals surface area contributed by atoms with E-state index in [9.17, 15) is 9.59 Å². The molecular formula is C25H23N3O3S. The van der Waals surface area contributed by atoms with Crippen LogP contribution in [0, 0.1) is 0 Å². The first-order valence-corrected chi connectivity index (χ1v) is 11.3. The fourth-order valence-corrected chi connectivity index (χ4v) is 3.86. The van der Waals surface area contributed by atoms with E-state index in [0.29, 0.717) is 18.5 Å². The van der Waals surface area contributed by atoms with Crippen molar-refractivity contribution in [2.75, 3.05) is 6.54 Å². The van der Waals surface area contributed by atoms with E-state index in [1.807, 2.05) is 72.2 Å². The molecule has 2 aromatic carbocycles. The van der Waals surface area contributed by atoms with Crippen LogP contribution in [0.5, 0.6) is 0 Å². The summed E-state index contributed by atoms with van der Waals surface area (Å²) in [6, 6.07) is 21.4. The van der Waals surface area contributed by atoms with Crippen molar-refractivity contribution >= 4 is 23.2 Å². The van der Waals surface area contributed by atoms with E-state index in [1.165, 1.54) is 11.3 Å². The number of rotatable bonds is 9. The van der Waals surface area contributed by atoms with E-state index in [-0.39, 0.29) is 24.9 Å². The van der Waals surface area contributed by atoms with Crippen LogP contribution >= 0.6 is 11.3 Å². The Bertz CT molecular complexity index is 1160. The maximum absolute atomic E-state index is 12.3. The largest absolute Gasteiger partial charge is 0.461 e. The Morgan fingerprint density at radius 2 is 1.75 bits per heavy atom. The number of hydrogen-bond acceptors (Lipinski definition) is 5. The molecule has 0 spiro atoms. The van der Waals surface area contributed by atoms with Crippen LogP contribution in [0.3, 0.4) is 0 Å². The number of thiophene rings is 1. The topological polar surface area (TPSA) is 73.2 Å². The molecule has 0 unspecified atom stereocenters.